The smallest absolute Gasteiger partial charge is 0.271 e. The van der Waals surface area contributed by atoms with Gasteiger partial charge in [0.25, 0.3) is 5.91 Å². The predicted molar refractivity (Wildman–Crippen MR) is 97.2 cm³/mol. The third kappa shape index (κ3) is 3.02. The number of hydrogen-bond acceptors (Lipinski definition) is 5. The number of pyridine rings is 2. The summed E-state index contributed by atoms with van der Waals surface area (Å²) in [6.07, 6.45) is 5.02. The summed E-state index contributed by atoms with van der Waals surface area (Å²) >= 11 is 0. The SMILES string of the molecule is CC(NC(=O)c1nccc2ccccc12)c1nc(-c2cccnc2)n[nH]1. The number of nitrogens with zero attached hydrogens (tertiary/aromatic N) is 4. The molecule has 0 radical (unpaired) electrons. The number of carbonyl (C=O) groups excluding carboxylic acids is 1. The summed E-state index contributed by atoms with van der Waals surface area (Å²) in [7, 11) is 0. The molecule has 0 saturated heterocycles. The van der Waals surface area contributed by atoms with E-state index in [1.54, 1.807) is 18.6 Å². The maximum atomic E-state index is 12.7. The monoisotopic (exact) mass is 344 g/mol. The van der Waals surface area contributed by atoms with Crippen LogP contribution < -0.4 is 5.32 Å². The van der Waals surface area contributed by atoms with Crippen LogP contribution in [0.2, 0.25) is 0 Å². The molecule has 2 N–H and O–H groups in total. The maximum absolute atomic E-state index is 12.7. The number of amides is 1. The summed E-state index contributed by atoms with van der Waals surface area (Å²) in [6.45, 7) is 1.84. The Morgan fingerprint density at radius 2 is 2.00 bits per heavy atom. The molecule has 1 aromatic carbocycles. The van der Waals surface area contributed by atoms with E-state index < -0.39 is 0 Å². The van der Waals surface area contributed by atoms with Gasteiger partial charge in [0.15, 0.2) is 5.82 Å². The molecule has 4 aromatic rings. The summed E-state index contributed by atoms with van der Waals surface area (Å²) in [6, 6.07) is 12.9. The van der Waals surface area contributed by atoms with Gasteiger partial charge in [0.05, 0.1) is 6.04 Å². The molecule has 3 heterocycles. The Bertz CT molecular complexity index is 1050. The average molecular weight is 344 g/mol. The van der Waals surface area contributed by atoms with Crippen molar-refractivity contribution >= 4 is 16.7 Å². The number of carbonyl (C=O) groups is 1. The Labute approximate surface area is 149 Å². The van der Waals surface area contributed by atoms with Crippen molar-refractivity contribution in [1.82, 2.24) is 30.5 Å². The van der Waals surface area contributed by atoms with Crippen molar-refractivity contribution in [2.45, 2.75) is 13.0 Å². The van der Waals surface area contributed by atoms with E-state index in [-0.39, 0.29) is 11.9 Å². The normalized spacial score (nSPS) is 12.0. The largest absolute Gasteiger partial charge is 0.341 e. The number of H-pyrrole nitrogens is 1. The first kappa shape index (κ1) is 15.9. The van der Waals surface area contributed by atoms with Crippen LogP contribution in [0.3, 0.4) is 0 Å². The Hall–Kier alpha value is -3.61. The van der Waals surface area contributed by atoms with Gasteiger partial charge >= 0.3 is 0 Å². The van der Waals surface area contributed by atoms with Crippen molar-refractivity contribution in [2.75, 3.05) is 0 Å². The van der Waals surface area contributed by atoms with Crippen LogP contribution in [0.5, 0.6) is 0 Å². The number of aromatic amines is 1. The molecule has 1 amide bonds. The molecule has 7 nitrogen and oxygen atoms in total. The maximum Gasteiger partial charge on any atom is 0.271 e. The van der Waals surface area contributed by atoms with Gasteiger partial charge in [-0.25, -0.2) is 4.98 Å². The van der Waals surface area contributed by atoms with Gasteiger partial charge < -0.3 is 5.32 Å². The first-order valence-electron chi connectivity index (χ1n) is 8.19. The number of aromatic nitrogens is 5. The number of fused-ring (bicyclic) bond motifs is 1. The summed E-state index contributed by atoms with van der Waals surface area (Å²) in [5, 5.41) is 11.8. The van der Waals surface area contributed by atoms with E-state index in [2.05, 4.69) is 30.5 Å². The van der Waals surface area contributed by atoms with E-state index in [1.165, 1.54) is 0 Å². The second-order valence-electron chi connectivity index (χ2n) is 5.86. The van der Waals surface area contributed by atoms with Crippen molar-refractivity contribution in [3.05, 3.63) is 72.6 Å². The highest BCUT2D eigenvalue weighted by molar-refractivity contribution is 6.05. The van der Waals surface area contributed by atoms with Gasteiger partial charge in [0.2, 0.25) is 0 Å². The third-order valence-electron chi connectivity index (χ3n) is 4.07. The molecule has 26 heavy (non-hydrogen) atoms. The molecule has 0 bridgehead atoms. The number of benzene rings is 1. The van der Waals surface area contributed by atoms with Crippen LogP contribution in [0.15, 0.2) is 61.1 Å². The lowest BCUT2D eigenvalue weighted by molar-refractivity contribution is 0.0935. The minimum atomic E-state index is -0.346. The van der Waals surface area contributed by atoms with E-state index in [9.17, 15) is 4.79 Å². The molecule has 128 valence electrons. The van der Waals surface area contributed by atoms with Crippen LogP contribution in [0.4, 0.5) is 0 Å². The number of rotatable bonds is 4. The zero-order chi connectivity index (χ0) is 17.9. The van der Waals surface area contributed by atoms with Gasteiger partial charge in [-0.2, -0.15) is 5.10 Å². The number of hydrogen-bond donors (Lipinski definition) is 2. The third-order valence-corrected chi connectivity index (χ3v) is 4.07. The van der Waals surface area contributed by atoms with Gasteiger partial charge in [0, 0.05) is 29.5 Å². The van der Waals surface area contributed by atoms with Gasteiger partial charge in [-0.3, -0.25) is 19.9 Å². The van der Waals surface area contributed by atoms with Crippen LogP contribution in [0.25, 0.3) is 22.2 Å². The Morgan fingerprint density at radius 1 is 1.12 bits per heavy atom. The van der Waals surface area contributed by atoms with Gasteiger partial charge in [-0.1, -0.05) is 24.3 Å². The highest BCUT2D eigenvalue weighted by Crippen LogP contribution is 2.18. The highest BCUT2D eigenvalue weighted by atomic mass is 16.1. The minimum Gasteiger partial charge on any atom is -0.341 e. The Kier molecular flexibility index (Phi) is 4.10. The van der Waals surface area contributed by atoms with Crippen LogP contribution in [0, 0.1) is 0 Å². The molecule has 0 aliphatic heterocycles. The fourth-order valence-corrected chi connectivity index (χ4v) is 2.73. The lowest BCUT2D eigenvalue weighted by Crippen LogP contribution is -2.28. The molecular weight excluding hydrogens is 328 g/mol. The lowest BCUT2D eigenvalue weighted by atomic mass is 10.1. The van der Waals surface area contributed by atoms with Crippen molar-refractivity contribution in [3.8, 4) is 11.4 Å². The van der Waals surface area contributed by atoms with E-state index in [0.717, 1.165) is 16.3 Å². The molecule has 4 rings (SSSR count). The second kappa shape index (κ2) is 6.72. The zero-order valence-electron chi connectivity index (χ0n) is 14.0. The zero-order valence-corrected chi connectivity index (χ0v) is 14.0. The van der Waals surface area contributed by atoms with Gasteiger partial charge in [-0.15, -0.1) is 0 Å². The Morgan fingerprint density at radius 3 is 2.85 bits per heavy atom. The molecule has 3 aromatic heterocycles. The van der Waals surface area contributed by atoms with Crippen LogP contribution in [-0.2, 0) is 0 Å². The second-order valence-corrected chi connectivity index (χ2v) is 5.86. The van der Waals surface area contributed by atoms with E-state index >= 15 is 0 Å². The van der Waals surface area contributed by atoms with Crippen molar-refractivity contribution in [2.24, 2.45) is 0 Å². The molecular formula is C19H16N6O. The molecule has 0 spiro atoms. The van der Waals surface area contributed by atoms with Crippen molar-refractivity contribution in [3.63, 3.8) is 0 Å². The van der Waals surface area contributed by atoms with Crippen LogP contribution in [0.1, 0.15) is 29.3 Å². The highest BCUT2D eigenvalue weighted by Gasteiger charge is 2.18. The van der Waals surface area contributed by atoms with E-state index in [4.69, 9.17) is 0 Å². The quantitative estimate of drug-likeness (QED) is 0.593. The molecule has 0 aliphatic rings. The fourth-order valence-electron chi connectivity index (χ4n) is 2.73. The summed E-state index contributed by atoms with van der Waals surface area (Å²) in [5.41, 5.74) is 1.20. The van der Waals surface area contributed by atoms with Crippen LogP contribution >= 0.6 is 0 Å². The van der Waals surface area contributed by atoms with Crippen molar-refractivity contribution in [1.29, 1.82) is 0 Å². The summed E-state index contributed by atoms with van der Waals surface area (Å²) in [5.74, 6) is 0.851. The summed E-state index contributed by atoms with van der Waals surface area (Å²) in [4.78, 5) is 25.4. The first-order chi connectivity index (χ1) is 12.7. The average Bonchev–Trinajstić information content (AvgIpc) is 3.18. The van der Waals surface area contributed by atoms with Crippen molar-refractivity contribution < 1.29 is 4.79 Å². The molecule has 0 aliphatic carbocycles. The molecule has 0 fully saturated rings. The first-order valence-corrected chi connectivity index (χ1v) is 8.19. The number of nitrogens with one attached hydrogen (secondary N) is 2. The van der Waals surface area contributed by atoms with Gasteiger partial charge in [-0.05, 0) is 30.5 Å². The predicted octanol–water partition coefficient (Wildman–Crippen LogP) is 2.91. The van der Waals surface area contributed by atoms with Gasteiger partial charge in [0.1, 0.15) is 11.5 Å². The standard InChI is InChI=1S/C19H16N6O/c1-12(17-23-18(25-24-17)14-6-4-9-20-11-14)22-19(26)16-15-7-3-2-5-13(15)8-10-21-16/h2-12H,1H3,(H,22,26)(H,23,24,25). The van der Waals surface area contributed by atoms with Crippen LogP contribution in [-0.4, -0.2) is 31.1 Å². The fraction of sp³-hybridized carbons (Fsp3) is 0.105. The molecule has 0 saturated carbocycles. The molecule has 1 atom stereocenters. The topological polar surface area (TPSA) is 96.5 Å². The molecule has 7 heteroatoms. The Balaban J connectivity index is 1.55. The molecule has 1 unspecified atom stereocenters. The van der Waals surface area contributed by atoms with E-state index in [0.29, 0.717) is 17.3 Å². The van der Waals surface area contributed by atoms with E-state index in [1.807, 2.05) is 49.4 Å². The summed E-state index contributed by atoms with van der Waals surface area (Å²) < 4.78 is 0. The lowest BCUT2D eigenvalue weighted by Gasteiger charge is -2.11. The minimum absolute atomic E-state index is 0.256.